The molecule has 0 aromatic carbocycles. The Kier molecular flexibility index (Phi) is 15.0. The van der Waals surface area contributed by atoms with Crippen molar-refractivity contribution in [1.82, 2.24) is 0 Å². The molecule has 0 aliphatic heterocycles. The van der Waals surface area contributed by atoms with Crippen LogP contribution in [-0.4, -0.2) is 37.7 Å². The summed E-state index contributed by atoms with van der Waals surface area (Å²) < 4.78 is 11.6. The van der Waals surface area contributed by atoms with Gasteiger partial charge in [-0.05, 0) is 0 Å². The monoisotopic (exact) mass is 236 g/mol. The van der Waals surface area contributed by atoms with Crippen molar-refractivity contribution in [2.24, 2.45) is 0 Å². The van der Waals surface area contributed by atoms with Crippen LogP contribution in [0.15, 0.2) is 0 Å². The van der Waals surface area contributed by atoms with Crippen LogP contribution < -0.4 is 0 Å². The quantitative estimate of drug-likeness (QED) is 0.272. The van der Waals surface area contributed by atoms with E-state index in [0.29, 0.717) is 6.79 Å². The Morgan fingerprint density at radius 3 is 2.12 bits per heavy atom. The van der Waals surface area contributed by atoms with Gasteiger partial charge in [-0.15, -0.1) is 0 Å². The molecule has 17 heavy (non-hydrogen) atoms. The summed E-state index contributed by atoms with van der Waals surface area (Å²) in [5.41, 5.74) is 0. The first-order chi connectivity index (χ1) is 8.27. The first-order valence-corrected chi connectivity index (χ1v) is 7.42. The normalized spacial score (nSPS) is 12.9. The third-order valence-electron chi connectivity index (χ3n) is 2.88. The summed E-state index contributed by atoms with van der Waals surface area (Å²) in [6.07, 6.45) is 10.3. The Bertz CT molecular complexity index is 140. The van der Waals surface area contributed by atoms with Gasteiger partial charge < -0.3 is 0 Å². The van der Waals surface area contributed by atoms with Crippen LogP contribution in [0.5, 0.6) is 0 Å². The van der Waals surface area contributed by atoms with E-state index in [2.05, 4.69) is 31.6 Å². The maximum atomic E-state index is 5.43. The average molecular weight is 236 g/mol. The molecule has 0 saturated carbocycles. The molecule has 0 bridgehead atoms. The Morgan fingerprint density at radius 1 is 0.882 bits per heavy atom. The van der Waals surface area contributed by atoms with E-state index in [1.165, 1.54) is 44.9 Å². The minimum atomic E-state index is 0.479. The van der Waals surface area contributed by atoms with Crippen molar-refractivity contribution in [2.75, 3.05) is 20.0 Å². The van der Waals surface area contributed by atoms with E-state index in [9.17, 15) is 0 Å². The van der Waals surface area contributed by atoms with Crippen LogP contribution in [0.25, 0.3) is 0 Å². The molecule has 98 valence electrons. The van der Waals surface area contributed by atoms with Crippen molar-refractivity contribution in [1.29, 1.82) is 0 Å². The average Bonchev–Trinajstić information content (AvgIpc) is 2.30. The summed E-state index contributed by atoms with van der Waals surface area (Å²) in [7, 11) is 0. The third-order valence-corrected chi connectivity index (χ3v) is 2.88. The van der Waals surface area contributed by atoms with Gasteiger partial charge in [0, 0.05) is 0 Å². The van der Waals surface area contributed by atoms with Gasteiger partial charge in [0.05, 0.1) is 0 Å². The Balaban J connectivity index is 2.89. The van der Waals surface area contributed by atoms with E-state index in [1.807, 2.05) is 0 Å². The van der Waals surface area contributed by atoms with Crippen LogP contribution in [0, 0.1) is 0 Å². The minimum absolute atomic E-state index is 0.479. The molecule has 3 heteroatoms. The number of hydrogen-bond donors (Lipinski definition) is 0. The smallest absolute Gasteiger partial charge is 0.0654 e. The third kappa shape index (κ3) is 16.5. The molecule has 2 nitrogen and oxygen atoms in total. The van der Waals surface area contributed by atoms with Crippen molar-refractivity contribution in [3.63, 3.8) is 0 Å². The summed E-state index contributed by atoms with van der Waals surface area (Å²) in [6.45, 7) is 6.67. The van der Waals surface area contributed by atoms with E-state index < -0.39 is 0 Å². The molecule has 1 unspecified atom stereocenters. The molecule has 0 N–H and O–H groups in total. The second-order valence-electron chi connectivity index (χ2n) is 5.24. The molecular formula is C14H29LiO2. The first-order valence-electron chi connectivity index (χ1n) is 7.42. The topological polar surface area (TPSA) is 18.5 Å². The molecule has 0 rings (SSSR count). The molecule has 0 radical (unpaired) electrons. The number of unbranched alkanes of at least 4 members (excludes halogenated alkanes) is 5. The zero-order valence-corrected chi connectivity index (χ0v) is 12.2. The molecule has 0 saturated heterocycles. The zero-order valence-electron chi connectivity index (χ0n) is 12.2. The standard InChI is InChI=1S/C14H29O2.Li/c1-3-5-7-8-9-11-13-16-14-15-12-10-6-4-2;/h4H,3,5-14H2,1-2H3;. The van der Waals surface area contributed by atoms with Gasteiger partial charge in [-0.2, -0.15) is 0 Å². The first kappa shape index (κ1) is 17.5. The second-order valence-corrected chi connectivity index (χ2v) is 5.24. The van der Waals surface area contributed by atoms with Crippen molar-refractivity contribution >= 4 is 17.7 Å². The summed E-state index contributed by atoms with van der Waals surface area (Å²) in [5, 5.41) is 0. The second kappa shape index (κ2) is 14.6. The SMILES string of the molecule is [Li][CH](C)CCCOCOCCCCCCCC. The molecule has 0 fully saturated rings. The molecule has 0 aliphatic rings. The Hall–Kier alpha value is 0.517. The van der Waals surface area contributed by atoms with Gasteiger partial charge in [-0.3, -0.25) is 0 Å². The zero-order chi connectivity index (χ0) is 12.8. The van der Waals surface area contributed by atoms with E-state index in [4.69, 9.17) is 9.47 Å². The van der Waals surface area contributed by atoms with Gasteiger partial charge in [0.25, 0.3) is 0 Å². The van der Waals surface area contributed by atoms with Gasteiger partial charge in [-0.1, -0.05) is 19.8 Å². The van der Waals surface area contributed by atoms with Crippen molar-refractivity contribution in [3.8, 4) is 0 Å². The molecular weight excluding hydrogens is 207 g/mol. The molecule has 0 aliphatic carbocycles. The fourth-order valence-electron chi connectivity index (χ4n) is 1.75. The van der Waals surface area contributed by atoms with E-state index >= 15 is 0 Å². The maximum absolute atomic E-state index is 5.43. The Morgan fingerprint density at radius 2 is 1.47 bits per heavy atom. The summed E-state index contributed by atoms with van der Waals surface area (Å²) in [5.74, 6) is 0. The molecule has 0 heterocycles. The molecule has 1 atom stereocenters. The van der Waals surface area contributed by atoms with Crippen LogP contribution in [-0.2, 0) is 9.47 Å². The number of rotatable bonds is 13. The van der Waals surface area contributed by atoms with Crippen LogP contribution in [0.4, 0.5) is 0 Å². The summed E-state index contributed by atoms with van der Waals surface area (Å²) in [6, 6.07) is 0. The predicted octanol–water partition coefficient (Wildman–Crippen LogP) is 4.09. The Labute approximate surface area is 117 Å². The van der Waals surface area contributed by atoms with Crippen molar-refractivity contribution < 1.29 is 9.47 Å². The number of hydrogen-bond acceptors (Lipinski definition) is 2. The molecule has 0 spiro atoms. The fourth-order valence-corrected chi connectivity index (χ4v) is 1.75. The minimum Gasteiger partial charge on any atom is -0.0654 e. The predicted molar refractivity (Wildman–Crippen MR) is 74.6 cm³/mol. The van der Waals surface area contributed by atoms with E-state index in [-0.39, 0.29) is 0 Å². The molecule has 0 aromatic heterocycles. The molecule has 0 aromatic rings. The fraction of sp³-hybridized carbons (Fsp3) is 1.00. The molecule has 0 amide bonds. The summed E-state index contributed by atoms with van der Waals surface area (Å²) >= 11 is 2.25. The van der Waals surface area contributed by atoms with E-state index in [0.717, 1.165) is 24.2 Å². The van der Waals surface area contributed by atoms with Gasteiger partial charge in [0.15, 0.2) is 0 Å². The van der Waals surface area contributed by atoms with Crippen LogP contribution >= 0.6 is 0 Å². The van der Waals surface area contributed by atoms with Gasteiger partial charge >= 0.3 is 97.2 Å². The van der Waals surface area contributed by atoms with Crippen LogP contribution in [0.1, 0.15) is 65.2 Å². The van der Waals surface area contributed by atoms with E-state index in [1.54, 1.807) is 0 Å². The van der Waals surface area contributed by atoms with Crippen LogP contribution in [0.2, 0.25) is 4.59 Å². The van der Waals surface area contributed by atoms with Gasteiger partial charge in [0.2, 0.25) is 0 Å². The number of ether oxygens (including phenoxy) is 2. The van der Waals surface area contributed by atoms with Gasteiger partial charge in [-0.25, -0.2) is 0 Å². The van der Waals surface area contributed by atoms with Crippen molar-refractivity contribution in [3.05, 3.63) is 0 Å². The van der Waals surface area contributed by atoms with Crippen LogP contribution in [0.3, 0.4) is 0 Å². The van der Waals surface area contributed by atoms with Crippen molar-refractivity contribution in [2.45, 2.75) is 69.8 Å². The summed E-state index contributed by atoms with van der Waals surface area (Å²) in [4.78, 5) is 0. The van der Waals surface area contributed by atoms with Gasteiger partial charge in [0.1, 0.15) is 0 Å².